The molecular formula is C18H18N6O2S. The summed E-state index contributed by atoms with van der Waals surface area (Å²) in [6.45, 7) is 5.19. The molecule has 2 amide bonds. The lowest BCUT2D eigenvalue weighted by Crippen LogP contribution is -2.13. The number of aryl methyl sites for hydroxylation is 2. The van der Waals surface area contributed by atoms with Crippen LogP contribution in [-0.4, -0.2) is 26.8 Å². The highest BCUT2D eigenvalue weighted by atomic mass is 32.1. The third-order valence-electron chi connectivity index (χ3n) is 3.38. The van der Waals surface area contributed by atoms with Gasteiger partial charge in [0.15, 0.2) is 5.13 Å². The van der Waals surface area contributed by atoms with Gasteiger partial charge in [-0.1, -0.05) is 6.07 Å². The first kappa shape index (κ1) is 18.5. The molecule has 9 heteroatoms. The normalized spacial score (nSPS) is 10.3. The Labute approximate surface area is 160 Å². The minimum atomic E-state index is -0.347. The number of hydrogen-bond acceptors (Lipinski definition) is 7. The quantitative estimate of drug-likeness (QED) is 0.623. The summed E-state index contributed by atoms with van der Waals surface area (Å²) in [6.07, 6.45) is 0. The number of amides is 2. The molecule has 0 aliphatic rings. The molecule has 0 saturated carbocycles. The first-order valence-electron chi connectivity index (χ1n) is 8.13. The molecule has 0 atom stereocenters. The Hall–Kier alpha value is -3.33. The molecule has 2 heterocycles. The van der Waals surface area contributed by atoms with E-state index in [2.05, 4.69) is 30.9 Å². The van der Waals surface area contributed by atoms with Crippen molar-refractivity contribution < 1.29 is 9.59 Å². The highest BCUT2D eigenvalue weighted by molar-refractivity contribution is 7.14. The van der Waals surface area contributed by atoms with E-state index in [1.54, 1.807) is 29.6 Å². The van der Waals surface area contributed by atoms with Gasteiger partial charge in [0.25, 0.3) is 5.91 Å². The summed E-state index contributed by atoms with van der Waals surface area (Å²) in [5.74, 6) is -0.0836. The molecule has 2 aromatic heterocycles. The number of anilines is 4. The Morgan fingerprint density at radius 2 is 1.63 bits per heavy atom. The number of carbonyl (C=O) groups is 2. The first-order valence-corrected chi connectivity index (χ1v) is 9.01. The molecule has 0 spiro atoms. The van der Waals surface area contributed by atoms with Crippen LogP contribution in [0.5, 0.6) is 0 Å². The van der Waals surface area contributed by atoms with E-state index in [-0.39, 0.29) is 17.5 Å². The highest BCUT2D eigenvalue weighted by Crippen LogP contribution is 2.21. The largest absolute Gasteiger partial charge is 0.326 e. The lowest BCUT2D eigenvalue weighted by atomic mass is 10.2. The Balaban J connectivity index is 1.69. The molecule has 0 radical (unpaired) electrons. The van der Waals surface area contributed by atoms with E-state index < -0.39 is 0 Å². The van der Waals surface area contributed by atoms with Crippen molar-refractivity contribution in [2.45, 2.75) is 20.8 Å². The summed E-state index contributed by atoms with van der Waals surface area (Å²) in [6, 6.07) is 8.77. The van der Waals surface area contributed by atoms with Crippen molar-refractivity contribution in [2.24, 2.45) is 0 Å². The van der Waals surface area contributed by atoms with E-state index >= 15 is 0 Å². The Kier molecular flexibility index (Phi) is 5.41. The maximum atomic E-state index is 12.4. The lowest BCUT2D eigenvalue weighted by molar-refractivity contribution is -0.114. The van der Waals surface area contributed by atoms with Crippen LogP contribution < -0.4 is 16.0 Å². The van der Waals surface area contributed by atoms with Crippen molar-refractivity contribution in [3.8, 4) is 0 Å². The van der Waals surface area contributed by atoms with Gasteiger partial charge in [-0.15, -0.1) is 11.3 Å². The van der Waals surface area contributed by atoms with Crippen LogP contribution in [0, 0.1) is 13.8 Å². The fourth-order valence-corrected chi connectivity index (χ4v) is 3.07. The molecule has 0 aliphatic heterocycles. The van der Waals surface area contributed by atoms with E-state index in [9.17, 15) is 9.59 Å². The molecule has 0 bridgehead atoms. The van der Waals surface area contributed by atoms with Gasteiger partial charge in [0, 0.05) is 35.1 Å². The Bertz CT molecular complexity index is 981. The average Bonchev–Trinajstić information content (AvgIpc) is 3.02. The minimum Gasteiger partial charge on any atom is -0.326 e. The van der Waals surface area contributed by atoms with Crippen LogP contribution in [0.15, 0.2) is 35.7 Å². The van der Waals surface area contributed by atoms with Crippen LogP contribution in [0.25, 0.3) is 0 Å². The van der Waals surface area contributed by atoms with Gasteiger partial charge in [0.2, 0.25) is 11.9 Å². The standard InChI is InChI=1S/C18H18N6O2S/c1-10-7-11(2)20-17(19-10)24-18-23-15(9-27-18)16(26)22-14-6-4-5-13(8-14)21-12(3)25/h4-9H,1-3H3,(H,21,25)(H,22,26)(H,19,20,23,24). The summed E-state index contributed by atoms with van der Waals surface area (Å²) in [5.41, 5.74) is 3.13. The molecule has 0 unspecified atom stereocenters. The number of nitrogens with zero attached hydrogens (tertiary/aromatic N) is 3. The van der Waals surface area contributed by atoms with Gasteiger partial charge in [-0.3, -0.25) is 9.59 Å². The second kappa shape index (κ2) is 7.92. The Morgan fingerprint density at radius 1 is 0.963 bits per heavy atom. The van der Waals surface area contributed by atoms with Gasteiger partial charge in [-0.05, 0) is 38.1 Å². The van der Waals surface area contributed by atoms with E-state index in [1.165, 1.54) is 18.3 Å². The van der Waals surface area contributed by atoms with Gasteiger partial charge >= 0.3 is 0 Å². The molecule has 0 saturated heterocycles. The van der Waals surface area contributed by atoms with Crippen LogP contribution >= 0.6 is 11.3 Å². The molecule has 138 valence electrons. The van der Waals surface area contributed by atoms with Crippen molar-refractivity contribution in [1.82, 2.24) is 15.0 Å². The number of nitrogens with one attached hydrogen (secondary N) is 3. The number of carbonyl (C=O) groups excluding carboxylic acids is 2. The lowest BCUT2D eigenvalue weighted by Gasteiger charge is -2.06. The number of rotatable bonds is 5. The molecule has 3 rings (SSSR count). The predicted molar refractivity (Wildman–Crippen MR) is 106 cm³/mol. The predicted octanol–water partition coefficient (Wildman–Crippen LogP) is 3.50. The topological polar surface area (TPSA) is 109 Å². The third-order valence-corrected chi connectivity index (χ3v) is 4.14. The third kappa shape index (κ3) is 5.08. The van der Waals surface area contributed by atoms with Gasteiger partial charge in [-0.2, -0.15) is 0 Å². The van der Waals surface area contributed by atoms with E-state index in [4.69, 9.17) is 0 Å². The van der Waals surface area contributed by atoms with Gasteiger partial charge in [0.05, 0.1) is 0 Å². The van der Waals surface area contributed by atoms with Crippen LogP contribution in [-0.2, 0) is 4.79 Å². The summed E-state index contributed by atoms with van der Waals surface area (Å²) in [7, 11) is 0. The number of benzene rings is 1. The van der Waals surface area contributed by atoms with Gasteiger partial charge in [-0.25, -0.2) is 15.0 Å². The molecular weight excluding hydrogens is 364 g/mol. The van der Waals surface area contributed by atoms with E-state index in [0.717, 1.165) is 11.4 Å². The summed E-state index contributed by atoms with van der Waals surface area (Å²) >= 11 is 1.29. The Morgan fingerprint density at radius 3 is 2.30 bits per heavy atom. The highest BCUT2D eigenvalue weighted by Gasteiger charge is 2.12. The summed E-state index contributed by atoms with van der Waals surface area (Å²) < 4.78 is 0. The van der Waals surface area contributed by atoms with Crippen LogP contribution in [0.1, 0.15) is 28.8 Å². The minimum absolute atomic E-state index is 0.178. The number of aromatic nitrogens is 3. The first-order chi connectivity index (χ1) is 12.9. The molecule has 3 N–H and O–H groups in total. The summed E-state index contributed by atoms with van der Waals surface area (Å²) in [4.78, 5) is 36.4. The maximum absolute atomic E-state index is 12.4. The smallest absolute Gasteiger partial charge is 0.275 e. The van der Waals surface area contributed by atoms with Crippen LogP contribution in [0.4, 0.5) is 22.5 Å². The maximum Gasteiger partial charge on any atom is 0.275 e. The molecule has 1 aromatic carbocycles. The van der Waals surface area contributed by atoms with Crippen LogP contribution in [0.3, 0.4) is 0 Å². The second-order valence-corrected chi connectivity index (χ2v) is 6.71. The zero-order valence-corrected chi connectivity index (χ0v) is 15.8. The molecule has 3 aromatic rings. The van der Waals surface area contributed by atoms with Gasteiger partial charge in [0.1, 0.15) is 5.69 Å². The fourth-order valence-electron chi connectivity index (χ4n) is 2.39. The second-order valence-electron chi connectivity index (χ2n) is 5.85. The number of thiazole rings is 1. The molecule has 0 fully saturated rings. The van der Waals surface area contributed by atoms with Crippen molar-refractivity contribution in [3.63, 3.8) is 0 Å². The van der Waals surface area contributed by atoms with Crippen molar-refractivity contribution in [3.05, 3.63) is 52.8 Å². The SMILES string of the molecule is CC(=O)Nc1cccc(NC(=O)c2csc(Nc3nc(C)cc(C)n3)n2)c1. The fraction of sp³-hybridized carbons (Fsp3) is 0.167. The molecule has 8 nitrogen and oxygen atoms in total. The zero-order valence-electron chi connectivity index (χ0n) is 15.0. The van der Waals surface area contributed by atoms with Crippen molar-refractivity contribution in [2.75, 3.05) is 16.0 Å². The summed E-state index contributed by atoms with van der Waals surface area (Å²) in [5, 5.41) is 10.6. The van der Waals surface area contributed by atoms with E-state index in [0.29, 0.717) is 22.5 Å². The zero-order chi connectivity index (χ0) is 19.4. The van der Waals surface area contributed by atoms with Gasteiger partial charge < -0.3 is 16.0 Å². The van der Waals surface area contributed by atoms with Crippen LogP contribution in [0.2, 0.25) is 0 Å². The number of hydrogen-bond donors (Lipinski definition) is 3. The van der Waals surface area contributed by atoms with E-state index in [1.807, 2.05) is 19.9 Å². The van der Waals surface area contributed by atoms with Crippen molar-refractivity contribution >= 4 is 45.6 Å². The average molecular weight is 382 g/mol. The molecule has 27 heavy (non-hydrogen) atoms. The molecule has 0 aliphatic carbocycles. The van der Waals surface area contributed by atoms with Crippen molar-refractivity contribution in [1.29, 1.82) is 0 Å². The monoisotopic (exact) mass is 382 g/mol.